The molecule has 16 rings (SSSR count). The number of benzene rings is 12. The van der Waals surface area contributed by atoms with Gasteiger partial charge < -0.3 is 60.6 Å². The van der Waals surface area contributed by atoms with Gasteiger partial charge >= 0.3 is 6.18 Å². The zero-order valence-corrected chi connectivity index (χ0v) is 79.5. The molecule has 0 amide bonds. The molecule has 0 aliphatic rings. The third-order valence-corrected chi connectivity index (χ3v) is 26.9. The van der Waals surface area contributed by atoms with Gasteiger partial charge in [0.2, 0.25) is 23.1 Å². The van der Waals surface area contributed by atoms with Gasteiger partial charge in [-0.25, -0.2) is 4.39 Å². The van der Waals surface area contributed by atoms with Crippen LogP contribution < -0.4 is 40.2 Å². The minimum absolute atomic E-state index is 0.0424. The van der Waals surface area contributed by atoms with E-state index in [1.165, 1.54) is 87.1 Å². The predicted molar refractivity (Wildman–Crippen MR) is 536 cm³/mol. The minimum Gasteiger partial charge on any atom is -0.508 e. The number of aryl methyl sites for hydroxylation is 9. The monoisotopic (exact) mass is 1880 g/mol. The topological polar surface area (TPSA) is 234 Å². The molecule has 12 aromatic carbocycles. The quantitative estimate of drug-likeness (QED) is 0.0104. The first-order valence-corrected chi connectivity index (χ1v) is 48.1. The van der Waals surface area contributed by atoms with Crippen molar-refractivity contribution in [2.75, 3.05) is 52.4 Å². The summed E-state index contributed by atoms with van der Waals surface area (Å²) in [6.07, 6.45) is 3.65. The third kappa shape index (κ3) is 25.7. The first-order chi connectivity index (χ1) is 64.6. The van der Waals surface area contributed by atoms with Crippen molar-refractivity contribution in [3.8, 4) is 69.0 Å². The smallest absolute Gasteiger partial charge is 0.416 e. The van der Waals surface area contributed by atoms with Crippen molar-refractivity contribution in [1.82, 2.24) is 21.3 Å². The van der Waals surface area contributed by atoms with Gasteiger partial charge in [0, 0.05) is 62.6 Å². The van der Waals surface area contributed by atoms with Gasteiger partial charge in [0.15, 0.2) is 23.0 Å². The summed E-state index contributed by atoms with van der Waals surface area (Å²) in [5.41, 5.74) is 10.5. The molecule has 24 heteroatoms. The normalized spacial score (nSPS) is 11.3. The lowest BCUT2D eigenvalue weighted by Crippen LogP contribution is -2.14. The van der Waals surface area contributed by atoms with Crippen LogP contribution in [0.15, 0.2) is 249 Å². The Kier molecular flexibility index (Phi) is 34.3. The Morgan fingerprint density at radius 2 is 0.604 bits per heavy atom. The highest BCUT2D eigenvalue weighted by Gasteiger charge is 2.32. The van der Waals surface area contributed by atoms with Crippen LogP contribution in [0.1, 0.15) is 170 Å². The van der Waals surface area contributed by atoms with E-state index in [2.05, 4.69) is 73.2 Å². The molecule has 4 aromatic heterocycles. The molecule has 0 saturated carbocycles. The van der Waals surface area contributed by atoms with Crippen LogP contribution in [-0.2, 0) is 31.9 Å². The number of ether oxygens (including phenoxy) is 4. The zero-order chi connectivity index (χ0) is 95.1. The minimum atomic E-state index is -4.48. The van der Waals surface area contributed by atoms with Gasteiger partial charge in [-0.3, -0.25) is 19.2 Å². The van der Waals surface area contributed by atoms with Gasteiger partial charge in [-0.15, -0.1) is 45.3 Å². The number of thiophene rings is 4. The number of aromatic hydroxyl groups is 4. The molecule has 16 nitrogen and oxygen atoms in total. The second-order valence-corrected chi connectivity index (χ2v) is 36.8. The summed E-state index contributed by atoms with van der Waals surface area (Å²) in [4.78, 5) is 55.5. The fourth-order valence-electron chi connectivity index (χ4n) is 15.2. The molecule has 0 bridgehead atoms. The first-order valence-electron chi connectivity index (χ1n) is 44.8. The summed E-state index contributed by atoms with van der Waals surface area (Å²) in [7, 11) is 0. The molecule has 0 spiro atoms. The molecule has 4 heterocycles. The molecule has 0 saturated heterocycles. The average molecular weight is 1880 g/mol. The van der Waals surface area contributed by atoms with E-state index in [4.69, 9.17) is 18.9 Å². The van der Waals surface area contributed by atoms with E-state index in [0.29, 0.717) is 93.0 Å². The van der Waals surface area contributed by atoms with E-state index >= 15 is 0 Å². The number of hydrogen-bond acceptors (Lipinski definition) is 20. The number of fused-ring (bicyclic) bond motifs is 4. The van der Waals surface area contributed by atoms with E-state index in [-0.39, 0.29) is 50.8 Å². The Labute approximate surface area is 793 Å². The fraction of sp³-hybridized carbons (Fsp3) is 0.236. The lowest BCUT2D eigenvalue weighted by molar-refractivity contribution is -0.137. The number of halogens is 4. The Balaban J connectivity index is 0.000000152. The Bertz CT molecular complexity index is 6570. The summed E-state index contributed by atoms with van der Waals surface area (Å²) in [5, 5.41) is 56.0. The van der Waals surface area contributed by atoms with Crippen LogP contribution in [0.3, 0.4) is 0 Å². The summed E-state index contributed by atoms with van der Waals surface area (Å²) >= 11 is 5.06. The lowest BCUT2D eigenvalue weighted by atomic mass is 10.0. The summed E-state index contributed by atoms with van der Waals surface area (Å²) in [5.74, 6) is 3.49. The van der Waals surface area contributed by atoms with Crippen molar-refractivity contribution < 1.29 is 76.1 Å². The molecule has 8 N–H and O–H groups in total. The average Bonchev–Trinajstić information content (AvgIpc) is 1.63. The fourth-order valence-corrected chi connectivity index (χ4v) is 19.7. The van der Waals surface area contributed by atoms with Crippen LogP contribution in [0.2, 0.25) is 0 Å². The number of nitrogens with one attached hydrogen (secondary N) is 4. The van der Waals surface area contributed by atoms with Crippen molar-refractivity contribution in [3.05, 3.63) is 352 Å². The number of alkyl halides is 3. The van der Waals surface area contributed by atoms with Gasteiger partial charge in [0.05, 0.1) is 5.56 Å². The molecule has 0 aliphatic carbocycles. The Hall–Kier alpha value is -12.9. The molecule has 692 valence electrons. The summed E-state index contributed by atoms with van der Waals surface area (Å²) < 4.78 is 80.6. The summed E-state index contributed by atoms with van der Waals surface area (Å²) in [6, 6.07) is 71.5. The highest BCUT2D eigenvalue weighted by Crippen LogP contribution is 2.49. The van der Waals surface area contributed by atoms with Crippen LogP contribution in [0.25, 0.3) is 40.3 Å². The lowest BCUT2D eigenvalue weighted by Gasteiger charge is -2.10. The highest BCUT2D eigenvalue weighted by molar-refractivity contribution is 7.22. The van der Waals surface area contributed by atoms with Crippen molar-refractivity contribution in [1.29, 1.82) is 0 Å². The van der Waals surface area contributed by atoms with Crippen LogP contribution in [0.5, 0.6) is 69.0 Å². The Morgan fingerprint density at radius 3 is 0.918 bits per heavy atom. The number of carbonyl (C=O) groups is 4. The molecule has 0 unspecified atom stereocenters. The molecule has 134 heavy (non-hydrogen) atoms. The number of hydrogen-bond donors (Lipinski definition) is 8. The van der Waals surface area contributed by atoms with E-state index in [1.807, 2.05) is 149 Å². The molecule has 0 fully saturated rings. The van der Waals surface area contributed by atoms with Crippen LogP contribution in [-0.4, -0.2) is 95.9 Å². The van der Waals surface area contributed by atoms with Crippen LogP contribution in [0.4, 0.5) is 17.6 Å². The van der Waals surface area contributed by atoms with Crippen LogP contribution in [0, 0.1) is 40.4 Å². The van der Waals surface area contributed by atoms with Gasteiger partial charge in [-0.05, 0) is 329 Å². The standard InChI is InChI=1S/2C28H29NO3S.C27H24F3NO3S.C27H26FNO3S/c1-4-29-15-5-6-20-8-11-22(12-9-20)32-27-24-14-10-21(30)17-25(24)33-28(27)26(31)23-13-7-18(2)16-19(23)3;1-4-29-15-5-6-20-9-12-22(13-10-20)32-27-23-14-11-21(30)17-25(23)33-28(27)26(31)24-16-18(2)7-8-19(24)3;1-2-31-15-3-4-17-5-12-21(13-6-17)34-25-22-14-11-20(32)16-23(22)35-26(25)24(33)18-7-9-19(10-8-18)27(28,29)30;1-3-29-14-4-5-18-7-11-21(12-8-18)32-26-22-13-10-20(30)16-24(22)33-27(26)25(31)23-15-19(28)9-6-17(23)2/h2*7-14,16-17,29-30H,4-6,15H2,1-3H3;5-14,16,31-32H,2-4,15H2,1H3;6-13,15-16,29-30H,3-5,14H2,1-2H3. The third-order valence-electron chi connectivity index (χ3n) is 22.4. The van der Waals surface area contributed by atoms with E-state index in [9.17, 15) is 57.2 Å². The van der Waals surface area contributed by atoms with Crippen LogP contribution >= 0.6 is 45.3 Å². The van der Waals surface area contributed by atoms with Gasteiger partial charge in [0.25, 0.3) is 0 Å². The van der Waals surface area contributed by atoms with E-state index in [0.717, 1.165) is 185 Å². The van der Waals surface area contributed by atoms with Crippen molar-refractivity contribution in [2.24, 2.45) is 0 Å². The van der Waals surface area contributed by atoms with Crippen molar-refractivity contribution >= 4 is 109 Å². The maximum atomic E-state index is 13.9. The number of carbonyl (C=O) groups excluding carboxylic acids is 4. The van der Waals surface area contributed by atoms with E-state index in [1.54, 1.807) is 61.5 Å². The molecule has 0 radical (unpaired) electrons. The van der Waals surface area contributed by atoms with E-state index < -0.39 is 23.3 Å². The van der Waals surface area contributed by atoms with Gasteiger partial charge in [-0.1, -0.05) is 136 Å². The SMILES string of the molecule is CCNCCCc1ccc(Oc2c(C(=O)c3cc(C)ccc3C)sc3cc(O)ccc23)cc1.CCNCCCc1ccc(Oc2c(C(=O)c3cc(F)ccc3C)sc3cc(O)ccc23)cc1.CCNCCCc1ccc(Oc2c(C(=O)c3ccc(C(F)(F)F)cc3)sc3cc(O)ccc23)cc1.CCNCCCc1ccc(Oc2c(C(=O)c3ccc(C)cc3C)sc3cc(O)ccc23)cc1. The number of phenolic OH excluding ortho intramolecular Hbond substituents is 4. The first kappa shape index (κ1) is 98.6. The second-order valence-electron chi connectivity index (χ2n) is 32.6. The largest absolute Gasteiger partial charge is 0.508 e. The maximum Gasteiger partial charge on any atom is 0.416 e. The van der Waals surface area contributed by atoms with Gasteiger partial charge in [-0.2, -0.15) is 13.2 Å². The van der Waals surface area contributed by atoms with Gasteiger partial charge in [0.1, 0.15) is 71.3 Å². The molecule has 0 atom stereocenters. The molecule has 16 aromatic rings. The molecular formula is C110H108F4N4O12S4. The number of phenols is 4. The zero-order valence-electron chi connectivity index (χ0n) is 76.2. The molecular weight excluding hydrogens is 1770 g/mol. The highest BCUT2D eigenvalue weighted by atomic mass is 32.1. The van der Waals surface area contributed by atoms with Crippen molar-refractivity contribution in [2.45, 2.75) is 120 Å². The summed E-state index contributed by atoms with van der Waals surface area (Å²) in [6.45, 7) is 25.9. The second kappa shape index (κ2) is 46.7. The number of rotatable bonds is 36. The maximum absolute atomic E-state index is 13.9. The predicted octanol–water partition coefficient (Wildman–Crippen LogP) is 27.4. The number of ketones is 4. The Morgan fingerprint density at radius 1 is 0.313 bits per heavy atom. The molecule has 0 aliphatic heterocycles. The van der Waals surface area contributed by atoms with Crippen molar-refractivity contribution in [3.63, 3.8) is 0 Å².